The molecule has 5 nitrogen and oxygen atoms in total. The molecule has 1 aromatic carbocycles. The Morgan fingerprint density at radius 2 is 2.10 bits per heavy atom. The van der Waals surface area contributed by atoms with Gasteiger partial charge in [0.2, 0.25) is 0 Å². The summed E-state index contributed by atoms with van der Waals surface area (Å²) in [4.78, 5) is 14.8. The van der Waals surface area contributed by atoms with Crippen molar-refractivity contribution in [2.24, 2.45) is 4.99 Å². The van der Waals surface area contributed by atoms with Crippen molar-refractivity contribution in [3.05, 3.63) is 53.4 Å². The molecule has 2 rings (SSSR count). The molecule has 0 spiro atoms. The van der Waals surface area contributed by atoms with Gasteiger partial charge in [0.25, 0.3) is 5.69 Å². The van der Waals surface area contributed by atoms with Crippen molar-refractivity contribution in [3.63, 3.8) is 0 Å². The average molecular weight is 449 g/mol. The molecule has 0 saturated heterocycles. The van der Waals surface area contributed by atoms with Crippen LogP contribution in [0.4, 0.5) is 11.4 Å². The van der Waals surface area contributed by atoms with E-state index >= 15 is 0 Å². The fourth-order valence-corrected chi connectivity index (χ4v) is 2.37. The molecule has 0 fully saturated rings. The Labute approximate surface area is 137 Å². The molecule has 20 heavy (non-hydrogen) atoms. The number of nitro groups is 1. The number of hydrogen-bond donors (Lipinski definition) is 0. The first kappa shape index (κ1) is 15.2. The summed E-state index contributed by atoms with van der Waals surface area (Å²) >= 11 is 5.40. The lowest BCUT2D eigenvalue weighted by Crippen LogP contribution is -1.93. The molecule has 0 bridgehead atoms. The largest absolute Gasteiger partial charge is 0.448 e. The minimum Gasteiger partial charge on any atom is -0.448 e. The molecule has 0 saturated carbocycles. The molecule has 1 aromatic heterocycles. The quantitative estimate of drug-likeness (QED) is 0.289. The Morgan fingerprint density at radius 1 is 1.40 bits per heavy atom. The minimum absolute atomic E-state index is 0.0763. The van der Waals surface area contributed by atoms with Crippen LogP contribution in [0.2, 0.25) is 0 Å². The highest BCUT2D eigenvalue weighted by atomic mass is 127. The first-order chi connectivity index (χ1) is 9.38. The van der Waals surface area contributed by atoms with E-state index in [1.807, 2.05) is 13.0 Å². The third-order valence-corrected chi connectivity index (χ3v) is 4.96. The van der Waals surface area contributed by atoms with E-state index in [1.54, 1.807) is 19.2 Å². The van der Waals surface area contributed by atoms with Gasteiger partial charge in [-0.3, -0.25) is 15.1 Å². The first-order valence-corrected chi connectivity index (χ1v) is 7.50. The van der Waals surface area contributed by atoms with Crippen molar-refractivity contribution >= 4 is 56.1 Å². The molecule has 104 valence electrons. The maximum Gasteiger partial charge on any atom is 0.274 e. The number of aryl methyl sites for hydroxylation is 1. The summed E-state index contributed by atoms with van der Waals surface area (Å²) in [6.07, 6.45) is 1.54. The van der Waals surface area contributed by atoms with E-state index in [9.17, 15) is 10.1 Å². The summed E-state index contributed by atoms with van der Waals surface area (Å²) in [6, 6.07) is 5.06. The molecule has 0 amide bonds. The Bertz CT molecular complexity index is 690. The molecule has 0 unspecified atom stereocenters. The second-order valence-electron chi connectivity index (χ2n) is 4.19. The number of furan rings is 1. The predicted molar refractivity (Wildman–Crippen MR) is 88.9 cm³/mol. The maximum absolute atomic E-state index is 11.0. The maximum atomic E-state index is 11.0. The third kappa shape index (κ3) is 3.26. The summed E-state index contributed by atoms with van der Waals surface area (Å²) in [5.74, 6) is 0.585. The van der Waals surface area contributed by atoms with Crippen molar-refractivity contribution in [3.8, 4) is 0 Å². The van der Waals surface area contributed by atoms with Crippen LogP contribution >= 0.6 is 38.5 Å². The van der Waals surface area contributed by atoms with Gasteiger partial charge in [-0.05, 0) is 41.4 Å². The number of rotatable bonds is 3. The third-order valence-electron chi connectivity index (χ3n) is 2.83. The lowest BCUT2D eigenvalue weighted by atomic mass is 10.1. The molecule has 0 N–H and O–H groups in total. The van der Waals surface area contributed by atoms with Gasteiger partial charge < -0.3 is 4.42 Å². The van der Waals surface area contributed by atoms with Gasteiger partial charge in [0.1, 0.15) is 5.76 Å². The molecular formula is C13H10BrIN2O3. The molecule has 0 aliphatic heterocycles. The Hall–Kier alpha value is -1.22. The smallest absolute Gasteiger partial charge is 0.274 e. The molecule has 0 radical (unpaired) electrons. The zero-order chi connectivity index (χ0) is 14.9. The summed E-state index contributed by atoms with van der Waals surface area (Å²) in [5, 5.41) is 11.0. The van der Waals surface area contributed by atoms with E-state index in [2.05, 4.69) is 43.5 Å². The van der Waals surface area contributed by atoms with E-state index in [4.69, 9.17) is 4.42 Å². The lowest BCUT2D eigenvalue weighted by molar-refractivity contribution is -0.385. The van der Waals surface area contributed by atoms with Crippen LogP contribution in [0.1, 0.15) is 16.9 Å². The summed E-state index contributed by atoms with van der Waals surface area (Å²) < 4.78 is 7.01. The summed E-state index contributed by atoms with van der Waals surface area (Å²) in [5.41, 5.74) is 2.10. The number of hydrogen-bond acceptors (Lipinski definition) is 4. The zero-order valence-corrected chi connectivity index (χ0v) is 14.4. The van der Waals surface area contributed by atoms with Crippen molar-refractivity contribution in [2.75, 3.05) is 0 Å². The number of nitrogens with zero attached hydrogens (tertiary/aromatic N) is 2. The van der Waals surface area contributed by atoms with E-state index in [0.29, 0.717) is 17.0 Å². The van der Waals surface area contributed by atoms with Crippen LogP contribution < -0.4 is 0 Å². The van der Waals surface area contributed by atoms with Gasteiger partial charge in [-0.2, -0.15) is 0 Å². The lowest BCUT2D eigenvalue weighted by Gasteiger charge is -2.02. The van der Waals surface area contributed by atoms with Crippen LogP contribution in [0.15, 0.2) is 32.1 Å². The molecule has 0 atom stereocenters. The van der Waals surface area contributed by atoms with Gasteiger partial charge >= 0.3 is 0 Å². The monoisotopic (exact) mass is 448 g/mol. The Balaban J connectivity index is 2.36. The zero-order valence-electron chi connectivity index (χ0n) is 10.7. The fraction of sp³-hybridized carbons (Fsp3) is 0.154. The second kappa shape index (κ2) is 6.04. The van der Waals surface area contributed by atoms with Gasteiger partial charge in [0.05, 0.1) is 21.3 Å². The standard InChI is InChI=1S/C13H10BrIN2O3/c1-7-3-9(4-12(8(7)2)17(18)19)16-6-10-5-11(14)13(15)20-10/h3-6H,1-2H3. The fourth-order valence-electron chi connectivity index (χ4n) is 1.65. The highest BCUT2D eigenvalue weighted by molar-refractivity contribution is 14.1. The van der Waals surface area contributed by atoms with Crippen LogP contribution in [-0.4, -0.2) is 11.1 Å². The van der Waals surface area contributed by atoms with E-state index in [1.165, 1.54) is 6.07 Å². The Morgan fingerprint density at radius 3 is 2.65 bits per heavy atom. The van der Waals surface area contributed by atoms with Gasteiger partial charge in [-0.1, -0.05) is 0 Å². The molecule has 1 heterocycles. The van der Waals surface area contributed by atoms with Crippen LogP contribution in [0.3, 0.4) is 0 Å². The summed E-state index contributed by atoms with van der Waals surface area (Å²) in [6.45, 7) is 3.56. The second-order valence-corrected chi connectivity index (χ2v) is 6.03. The first-order valence-electron chi connectivity index (χ1n) is 5.63. The van der Waals surface area contributed by atoms with E-state index in [0.717, 1.165) is 13.8 Å². The minimum atomic E-state index is -0.395. The highest BCUT2D eigenvalue weighted by Gasteiger charge is 2.13. The van der Waals surface area contributed by atoms with Crippen molar-refractivity contribution in [2.45, 2.75) is 13.8 Å². The van der Waals surface area contributed by atoms with Gasteiger partial charge in [-0.15, -0.1) is 0 Å². The van der Waals surface area contributed by atoms with E-state index < -0.39 is 4.92 Å². The number of nitro benzene ring substituents is 1. The van der Waals surface area contributed by atoms with Crippen LogP contribution in [0.25, 0.3) is 0 Å². The van der Waals surface area contributed by atoms with Gasteiger partial charge in [0.15, 0.2) is 3.77 Å². The molecule has 0 aliphatic rings. The Kier molecular flexibility index (Phi) is 4.59. The molecule has 7 heteroatoms. The summed E-state index contributed by atoms with van der Waals surface area (Å²) in [7, 11) is 0. The van der Waals surface area contributed by atoms with E-state index in [-0.39, 0.29) is 5.69 Å². The van der Waals surface area contributed by atoms with Gasteiger partial charge in [0, 0.05) is 40.3 Å². The normalized spacial score (nSPS) is 11.2. The van der Waals surface area contributed by atoms with Crippen LogP contribution in [0, 0.1) is 27.7 Å². The predicted octanol–water partition coefficient (Wildman–Crippen LogP) is 4.92. The van der Waals surface area contributed by atoms with Crippen molar-refractivity contribution < 1.29 is 9.34 Å². The highest BCUT2D eigenvalue weighted by Crippen LogP contribution is 2.28. The number of aliphatic imine (C=N–C) groups is 1. The van der Waals surface area contributed by atoms with Crippen molar-refractivity contribution in [1.82, 2.24) is 0 Å². The SMILES string of the molecule is Cc1cc(N=Cc2cc(Br)c(I)o2)cc([N+](=O)[O-])c1C. The topological polar surface area (TPSA) is 68.6 Å². The number of benzene rings is 1. The number of halogens is 2. The van der Waals surface area contributed by atoms with Crippen LogP contribution in [0.5, 0.6) is 0 Å². The van der Waals surface area contributed by atoms with Gasteiger partial charge in [-0.25, -0.2) is 0 Å². The van der Waals surface area contributed by atoms with Crippen molar-refractivity contribution in [1.29, 1.82) is 0 Å². The molecular weight excluding hydrogens is 439 g/mol. The molecule has 2 aromatic rings. The van der Waals surface area contributed by atoms with Crippen LogP contribution in [-0.2, 0) is 0 Å². The molecule has 0 aliphatic carbocycles. The average Bonchev–Trinajstić information content (AvgIpc) is 2.69.